The lowest BCUT2D eigenvalue weighted by molar-refractivity contribution is -0.138. The molecule has 0 radical (unpaired) electrons. The summed E-state index contributed by atoms with van der Waals surface area (Å²) in [6, 6.07) is 7.56. The molecule has 0 aliphatic carbocycles. The summed E-state index contributed by atoms with van der Waals surface area (Å²) in [6.45, 7) is 2.76. The van der Waals surface area contributed by atoms with Crippen LogP contribution in [0.15, 0.2) is 36.4 Å². The molecule has 0 aromatic heterocycles. The second-order valence-electron chi connectivity index (χ2n) is 5.45. The van der Waals surface area contributed by atoms with Crippen molar-refractivity contribution in [1.29, 1.82) is 0 Å². The van der Waals surface area contributed by atoms with Gasteiger partial charge >= 0.3 is 6.18 Å². The molecule has 1 N–H and O–H groups in total. The Morgan fingerprint density at radius 1 is 1.20 bits per heavy atom. The minimum Gasteiger partial charge on any atom is -0.486 e. The molecule has 0 aliphatic heterocycles. The highest BCUT2D eigenvalue weighted by atomic mass is 19.4. The van der Waals surface area contributed by atoms with Gasteiger partial charge in [0.1, 0.15) is 6.61 Å². The first-order valence-corrected chi connectivity index (χ1v) is 7.60. The van der Waals surface area contributed by atoms with Gasteiger partial charge in [-0.25, -0.2) is 4.39 Å². The number of carbonyl (C=O) groups is 1. The molecular formula is C18H17F4NO2. The third-order valence-electron chi connectivity index (χ3n) is 3.54. The molecule has 0 heterocycles. The number of carbonyl (C=O) groups excluding carboxylic acids is 1. The van der Waals surface area contributed by atoms with Crippen molar-refractivity contribution in [2.75, 3.05) is 5.32 Å². The number of ether oxygens (including phenoxy) is 1. The lowest BCUT2D eigenvalue weighted by Crippen LogP contribution is -2.17. The quantitative estimate of drug-likeness (QED) is 0.760. The molecule has 2 aromatic carbocycles. The van der Waals surface area contributed by atoms with E-state index in [9.17, 15) is 22.4 Å². The molecule has 0 atom stereocenters. The van der Waals surface area contributed by atoms with Crippen LogP contribution in [0.3, 0.4) is 0 Å². The molecule has 25 heavy (non-hydrogen) atoms. The Hall–Kier alpha value is -2.57. The van der Waals surface area contributed by atoms with E-state index >= 15 is 0 Å². The van der Waals surface area contributed by atoms with E-state index in [0.29, 0.717) is 5.56 Å². The number of hydrogen-bond donors (Lipinski definition) is 1. The Labute approximate surface area is 142 Å². The number of amides is 1. The molecule has 3 nitrogen and oxygen atoms in total. The number of benzene rings is 2. The van der Waals surface area contributed by atoms with E-state index in [1.165, 1.54) is 30.3 Å². The zero-order valence-electron chi connectivity index (χ0n) is 13.7. The van der Waals surface area contributed by atoms with Crippen LogP contribution in [0.1, 0.15) is 30.0 Å². The van der Waals surface area contributed by atoms with Crippen LogP contribution in [0.25, 0.3) is 0 Å². The predicted octanol–water partition coefficient (Wildman–Crippen LogP) is 5.08. The Balaban J connectivity index is 2.39. The number of nitrogens with one attached hydrogen (secondary N) is 1. The molecule has 0 unspecified atom stereocenters. The first-order chi connectivity index (χ1) is 11.7. The fraction of sp³-hybridized carbons (Fsp3) is 0.278. The second-order valence-corrected chi connectivity index (χ2v) is 5.45. The number of halogens is 4. The average Bonchev–Trinajstić information content (AvgIpc) is 2.55. The summed E-state index contributed by atoms with van der Waals surface area (Å²) < 4.78 is 58.8. The summed E-state index contributed by atoms with van der Waals surface area (Å²) in [4.78, 5) is 11.6. The second kappa shape index (κ2) is 7.55. The predicted molar refractivity (Wildman–Crippen MR) is 85.8 cm³/mol. The van der Waals surface area contributed by atoms with Crippen LogP contribution in [0.2, 0.25) is 0 Å². The lowest BCUT2D eigenvalue weighted by atomic mass is 10.0. The van der Waals surface area contributed by atoms with Crippen LogP contribution in [0, 0.1) is 12.7 Å². The van der Waals surface area contributed by atoms with Gasteiger partial charge in [-0.05, 0) is 36.8 Å². The van der Waals surface area contributed by atoms with Gasteiger partial charge in [-0.1, -0.05) is 19.1 Å². The van der Waals surface area contributed by atoms with E-state index in [1.54, 1.807) is 13.8 Å². The zero-order chi connectivity index (χ0) is 18.6. The van der Waals surface area contributed by atoms with E-state index in [0.717, 1.165) is 6.07 Å². The molecule has 0 spiro atoms. The zero-order valence-corrected chi connectivity index (χ0v) is 13.7. The van der Waals surface area contributed by atoms with Gasteiger partial charge in [0.15, 0.2) is 11.6 Å². The number of rotatable bonds is 5. The van der Waals surface area contributed by atoms with Crippen molar-refractivity contribution in [1.82, 2.24) is 0 Å². The lowest BCUT2D eigenvalue weighted by Gasteiger charge is -2.18. The molecule has 7 heteroatoms. The molecular weight excluding hydrogens is 338 g/mol. The van der Waals surface area contributed by atoms with E-state index in [4.69, 9.17) is 4.74 Å². The first-order valence-electron chi connectivity index (χ1n) is 7.60. The maximum Gasteiger partial charge on any atom is 0.416 e. The molecule has 2 aromatic rings. The van der Waals surface area contributed by atoms with Gasteiger partial charge in [0, 0.05) is 17.7 Å². The summed E-state index contributed by atoms with van der Waals surface area (Å²) >= 11 is 0. The van der Waals surface area contributed by atoms with Crippen molar-refractivity contribution in [3.63, 3.8) is 0 Å². The van der Waals surface area contributed by atoms with Gasteiger partial charge in [0.05, 0.1) is 5.56 Å². The highest BCUT2D eigenvalue weighted by Crippen LogP contribution is 2.36. The maximum absolute atomic E-state index is 13.8. The summed E-state index contributed by atoms with van der Waals surface area (Å²) in [6.07, 6.45) is -4.51. The smallest absolute Gasteiger partial charge is 0.416 e. The van der Waals surface area contributed by atoms with Crippen LogP contribution >= 0.6 is 0 Å². The average molecular weight is 355 g/mol. The van der Waals surface area contributed by atoms with Crippen molar-refractivity contribution in [2.24, 2.45) is 0 Å². The topological polar surface area (TPSA) is 38.3 Å². The number of hydrogen-bond acceptors (Lipinski definition) is 2. The Morgan fingerprint density at radius 3 is 2.56 bits per heavy atom. The summed E-state index contributed by atoms with van der Waals surface area (Å²) in [5.74, 6) is -1.25. The maximum atomic E-state index is 13.8. The van der Waals surface area contributed by atoms with Gasteiger partial charge in [-0.3, -0.25) is 4.79 Å². The monoisotopic (exact) mass is 355 g/mol. The van der Waals surface area contributed by atoms with Crippen molar-refractivity contribution in [2.45, 2.75) is 33.1 Å². The molecule has 1 amide bonds. The number of alkyl halides is 3. The largest absolute Gasteiger partial charge is 0.486 e. The van der Waals surface area contributed by atoms with Crippen molar-refractivity contribution in [3.8, 4) is 5.75 Å². The van der Waals surface area contributed by atoms with Crippen molar-refractivity contribution in [3.05, 3.63) is 58.9 Å². The standard InChI is InChI=1S/C18H17F4NO2/c1-3-17(24)23-15-6-4-5-13(18(20,21)22)12(15)10-25-16-9-11(2)7-8-14(16)19/h4-9H,3,10H2,1-2H3,(H,23,24). The first kappa shape index (κ1) is 18.8. The van der Waals surface area contributed by atoms with Gasteiger partial charge in [-0.15, -0.1) is 0 Å². The highest BCUT2D eigenvalue weighted by molar-refractivity contribution is 5.91. The van der Waals surface area contributed by atoms with E-state index in [-0.39, 0.29) is 23.4 Å². The minimum atomic E-state index is -4.63. The van der Waals surface area contributed by atoms with Gasteiger partial charge < -0.3 is 10.1 Å². The molecule has 0 fully saturated rings. The van der Waals surface area contributed by atoms with Gasteiger partial charge in [-0.2, -0.15) is 13.2 Å². The Morgan fingerprint density at radius 2 is 1.92 bits per heavy atom. The van der Waals surface area contributed by atoms with E-state index in [1.807, 2.05) is 0 Å². The fourth-order valence-corrected chi connectivity index (χ4v) is 2.23. The van der Waals surface area contributed by atoms with Crippen LogP contribution in [0.5, 0.6) is 5.75 Å². The summed E-state index contributed by atoms with van der Waals surface area (Å²) in [5.41, 5.74) is -0.484. The van der Waals surface area contributed by atoms with Crippen LogP contribution in [-0.2, 0) is 17.6 Å². The Kier molecular flexibility index (Phi) is 5.66. The highest BCUT2D eigenvalue weighted by Gasteiger charge is 2.34. The third kappa shape index (κ3) is 4.71. The van der Waals surface area contributed by atoms with Crippen LogP contribution in [-0.4, -0.2) is 5.91 Å². The van der Waals surface area contributed by atoms with E-state index in [2.05, 4.69) is 5.32 Å². The fourth-order valence-electron chi connectivity index (χ4n) is 2.23. The molecule has 2 rings (SSSR count). The third-order valence-corrected chi connectivity index (χ3v) is 3.54. The van der Waals surface area contributed by atoms with Gasteiger partial charge in [0.25, 0.3) is 0 Å². The minimum absolute atomic E-state index is 0.00487. The summed E-state index contributed by atoms with van der Waals surface area (Å²) in [5, 5.41) is 2.42. The van der Waals surface area contributed by atoms with Crippen LogP contribution in [0.4, 0.5) is 23.2 Å². The SMILES string of the molecule is CCC(=O)Nc1cccc(C(F)(F)F)c1COc1cc(C)ccc1F. The van der Waals surface area contributed by atoms with Crippen molar-refractivity contribution >= 4 is 11.6 Å². The number of anilines is 1. The molecule has 0 bridgehead atoms. The normalized spacial score (nSPS) is 11.3. The summed E-state index contributed by atoms with van der Waals surface area (Å²) in [7, 11) is 0. The number of aryl methyl sites for hydroxylation is 1. The van der Waals surface area contributed by atoms with Crippen LogP contribution < -0.4 is 10.1 Å². The Bertz CT molecular complexity index is 772. The molecule has 0 saturated carbocycles. The molecule has 0 aliphatic rings. The van der Waals surface area contributed by atoms with E-state index < -0.39 is 30.1 Å². The molecule has 0 saturated heterocycles. The van der Waals surface area contributed by atoms with Gasteiger partial charge in [0.2, 0.25) is 5.91 Å². The molecule has 134 valence electrons. The van der Waals surface area contributed by atoms with Crippen molar-refractivity contribution < 1.29 is 27.1 Å².